The molecule has 0 aliphatic heterocycles. The Morgan fingerprint density at radius 1 is 1.50 bits per heavy atom. The maximum Gasteiger partial charge on any atom is 0.522 e. The molecular weight excluding hydrogens is 179 g/mol. The van der Waals surface area contributed by atoms with Gasteiger partial charge in [0.15, 0.2) is 0 Å². The summed E-state index contributed by atoms with van der Waals surface area (Å²) in [5.41, 5.74) is 0. The minimum atomic E-state index is -4.65. The van der Waals surface area contributed by atoms with Crippen LogP contribution in [-0.2, 0) is 9.53 Å². The van der Waals surface area contributed by atoms with Gasteiger partial charge in [0.25, 0.3) is 0 Å². The van der Waals surface area contributed by atoms with Gasteiger partial charge in [0, 0.05) is 6.54 Å². The first kappa shape index (κ1) is 11.2. The normalized spacial score (nSPS) is 11.6. The number of carboxylic acid groups (broad SMARTS) is 1. The molecule has 0 bridgehead atoms. The highest BCUT2D eigenvalue weighted by molar-refractivity contribution is 5.68. The van der Waals surface area contributed by atoms with E-state index >= 15 is 0 Å². The lowest BCUT2D eigenvalue weighted by atomic mass is 10.6. The van der Waals surface area contributed by atoms with Gasteiger partial charge in [-0.2, -0.15) is 0 Å². The molecule has 0 aromatic carbocycles. The highest BCUT2D eigenvalue weighted by Crippen LogP contribution is 2.14. The smallest absolute Gasteiger partial charge is 0.480 e. The van der Waals surface area contributed by atoms with Gasteiger partial charge < -0.3 is 10.4 Å². The lowest BCUT2D eigenvalue weighted by Gasteiger charge is -2.06. The second-order valence-corrected chi connectivity index (χ2v) is 1.86. The van der Waals surface area contributed by atoms with Crippen LogP contribution in [-0.4, -0.2) is 37.1 Å². The summed E-state index contributed by atoms with van der Waals surface area (Å²) in [6, 6.07) is 0. The van der Waals surface area contributed by atoms with E-state index in [1.54, 1.807) is 0 Å². The maximum atomic E-state index is 11.3. The largest absolute Gasteiger partial charge is 0.522 e. The molecule has 0 aromatic rings. The van der Waals surface area contributed by atoms with E-state index in [2.05, 4.69) is 10.1 Å². The Labute approximate surface area is 66.3 Å². The van der Waals surface area contributed by atoms with Crippen LogP contribution in [0.1, 0.15) is 0 Å². The fourth-order valence-electron chi connectivity index (χ4n) is 0.434. The summed E-state index contributed by atoms with van der Waals surface area (Å²) in [6.45, 7) is -1.11. The first-order valence-corrected chi connectivity index (χ1v) is 3.05. The van der Waals surface area contributed by atoms with E-state index in [9.17, 15) is 18.0 Å². The van der Waals surface area contributed by atoms with Crippen LogP contribution < -0.4 is 5.32 Å². The third-order valence-electron chi connectivity index (χ3n) is 0.821. The molecule has 72 valence electrons. The number of carboxylic acids is 1. The molecule has 12 heavy (non-hydrogen) atoms. The molecule has 0 unspecified atom stereocenters. The third-order valence-corrected chi connectivity index (χ3v) is 0.821. The zero-order chi connectivity index (χ0) is 9.61. The Balaban J connectivity index is 3.17. The number of rotatable bonds is 5. The van der Waals surface area contributed by atoms with Crippen LogP contribution in [0.4, 0.5) is 13.2 Å². The number of ether oxygens (including phenoxy) is 1. The summed E-state index contributed by atoms with van der Waals surface area (Å²) in [5, 5.41) is 10.3. The zero-order valence-corrected chi connectivity index (χ0v) is 6.02. The van der Waals surface area contributed by atoms with Crippen LogP contribution in [0.2, 0.25) is 0 Å². The van der Waals surface area contributed by atoms with Crippen molar-refractivity contribution in [3.8, 4) is 0 Å². The summed E-state index contributed by atoms with van der Waals surface area (Å²) in [4.78, 5) is 9.83. The SMILES string of the molecule is O=C(O)CNCCOC(F)(F)F. The van der Waals surface area contributed by atoms with Gasteiger partial charge in [-0.15, -0.1) is 13.2 Å². The van der Waals surface area contributed by atoms with Crippen molar-refractivity contribution in [2.45, 2.75) is 6.36 Å². The molecule has 0 aromatic heterocycles. The molecule has 0 fully saturated rings. The summed E-state index contributed by atoms with van der Waals surface area (Å²) in [6.07, 6.45) is -4.65. The Morgan fingerprint density at radius 3 is 2.50 bits per heavy atom. The number of halogens is 3. The summed E-state index contributed by atoms with van der Waals surface area (Å²) < 4.78 is 37.2. The van der Waals surface area contributed by atoms with E-state index in [0.29, 0.717) is 0 Å². The Bertz CT molecular complexity index is 147. The van der Waals surface area contributed by atoms with E-state index in [1.165, 1.54) is 0 Å². The molecular formula is C5H8F3NO3. The molecule has 0 spiro atoms. The molecule has 0 amide bonds. The molecule has 4 nitrogen and oxygen atoms in total. The summed E-state index contributed by atoms with van der Waals surface area (Å²) >= 11 is 0. The Morgan fingerprint density at radius 2 is 2.08 bits per heavy atom. The van der Waals surface area contributed by atoms with E-state index in [0.717, 1.165) is 0 Å². The first-order valence-electron chi connectivity index (χ1n) is 3.05. The number of hydrogen-bond acceptors (Lipinski definition) is 3. The number of carbonyl (C=O) groups is 1. The van der Waals surface area contributed by atoms with Crippen molar-refractivity contribution in [1.29, 1.82) is 0 Å². The van der Waals surface area contributed by atoms with Crippen LogP contribution in [0.3, 0.4) is 0 Å². The molecule has 0 heterocycles. The van der Waals surface area contributed by atoms with Gasteiger partial charge in [-0.1, -0.05) is 0 Å². The van der Waals surface area contributed by atoms with E-state index in [1.807, 2.05) is 0 Å². The lowest BCUT2D eigenvalue weighted by Crippen LogP contribution is -2.28. The highest BCUT2D eigenvalue weighted by Gasteiger charge is 2.28. The average Bonchev–Trinajstić information content (AvgIpc) is 1.83. The third kappa shape index (κ3) is 9.18. The van der Waals surface area contributed by atoms with Crippen molar-refractivity contribution < 1.29 is 27.8 Å². The monoisotopic (exact) mass is 187 g/mol. The van der Waals surface area contributed by atoms with Gasteiger partial charge in [0.2, 0.25) is 0 Å². The molecule has 7 heteroatoms. The topological polar surface area (TPSA) is 58.6 Å². The van der Waals surface area contributed by atoms with Crippen LogP contribution in [0.5, 0.6) is 0 Å². The molecule has 0 atom stereocenters. The average molecular weight is 187 g/mol. The van der Waals surface area contributed by atoms with E-state index < -0.39 is 18.9 Å². The highest BCUT2D eigenvalue weighted by atomic mass is 19.4. The molecule has 0 saturated heterocycles. The fraction of sp³-hybridized carbons (Fsp3) is 0.800. The minimum Gasteiger partial charge on any atom is -0.480 e. The second kappa shape index (κ2) is 4.94. The van der Waals surface area contributed by atoms with E-state index in [4.69, 9.17) is 5.11 Å². The summed E-state index contributed by atoms with van der Waals surface area (Å²) in [5.74, 6) is -1.12. The number of nitrogens with one attached hydrogen (secondary N) is 1. The molecule has 0 aliphatic rings. The molecule has 0 aliphatic carbocycles. The number of aliphatic carboxylic acids is 1. The van der Waals surface area contributed by atoms with Crippen LogP contribution >= 0.6 is 0 Å². The second-order valence-electron chi connectivity index (χ2n) is 1.86. The van der Waals surface area contributed by atoms with Crippen molar-refractivity contribution in [3.63, 3.8) is 0 Å². The Kier molecular flexibility index (Phi) is 4.60. The summed E-state index contributed by atoms with van der Waals surface area (Å²) in [7, 11) is 0. The van der Waals surface area contributed by atoms with Crippen LogP contribution in [0.15, 0.2) is 0 Å². The van der Waals surface area contributed by atoms with Crippen molar-refractivity contribution >= 4 is 5.97 Å². The lowest BCUT2D eigenvalue weighted by molar-refractivity contribution is -0.323. The van der Waals surface area contributed by atoms with Gasteiger partial charge in [-0.3, -0.25) is 9.53 Å². The predicted molar refractivity (Wildman–Crippen MR) is 32.5 cm³/mol. The quantitative estimate of drug-likeness (QED) is 0.603. The van der Waals surface area contributed by atoms with Crippen LogP contribution in [0, 0.1) is 0 Å². The number of hydrogen-bond donors (Lipinski definition) is 2. The van der Waals surface area contributed by atoms with Gasteiger partial charge >= 0.3 is 12.3 Å². The van der Waals surface area contributed by atoms with Gasteiger partial charge in [-0.25, -0.2) is 0 Å². The van der Waals surface area contributed by atoms with Gasteiger partial charge in [0.05, 0.1) is 13.2 Å². The van der Waals surface area contributed by atoms with Crippen molar-refractivity contribution in [1.82, 2.24) is 5.32 Å². The maximum absolute atomic E-state index is 11.3. The Hall–Kier alpha value is -0.820. The first-order chi connectivity index (χ1) is 5.42. The van der Waals surface area contributed by atoms with Crippen molar-refractivity contribution in [2.24, 2.45) is 0 Å². The van der Waals surface area contributed by atoms with Crippen molar-refractivity contribution in [2.75, 3.05) is 19.7 Å². The molecule has 0 rings (SSSR count). The zero-order valence-electron chi connectivity index (χ0n) is 6.02. The van der Waals surface area contributed by atoms with Crippen LogP contribution in [0.25, 0.3) is 0 Å². The van der Waals surface area contributed by atoms with Gasteiger partial charge in [0.1, 0.15) is 0 Å². The van der Waals surface area contributed by atoms with E-state index in [-0.39, 0.29) is 13.1 Å². The number of alkyl halides is 3. The standard InChI is InChI=1S/C5H8F3NO3/c6-5(7,8)12-2-1-9-3-4(10)11/h9H,1-3H2,(H,10,11). The predicted octanol–water partition coefficient (Wildman–Crippen LogP) is 0.197. The van der Waals surface area contributed by atoms with Gasteiger partial charge in [-0.05, 0) is 0 Å². The molecule has 0 radical (unpaired) electrons. The van der Waals surface area contributed by atoms with Crippen molar-refractivity contribution in [3.05, 3.63) is 0 Å². The fourth-order valence-corrected chi connectivity index (χ4v) is 0.434. The molecule has 0 saturated carbocycles. The minimum absolute atomic E-state index is 0.147. The molecule has 2 N–H and O–H groups in total.